The van der Waals surface area contributed by atoms with Crippen molar-refractivity contribution in [1.29, 1.82) is 0 Å². The van der Waals surface area contributed by atoms with Gasteiger partial charge in [0.25, 0.3) is 0 Å². The number of para-hydroxylation sites is 1. The van der Waals surface area contributed by atoms with Gasteiger partial charge in [-0.05, 0) is 49.2 Å². The molecule has 0 unspecified atom stereocenters. The number of rotatable bonds is 4. The lowest BCUT2D eigenvalue weighted by Crippen LogP contribution is -2.32. The third-order valence-corrected chi connectivity index (χ3v) is 3.59. The van der Waals surface area contributed by atoms with E-state index in [1.54, 1.807) is 30.3 Å². The van der Waals surface area contributed by atoms with Crippen molar-refractivity contribution in [2.24, 2.45) is 5.10 Å². The van der Waals surface area contributed by atoms with Gasteiger partial charge in [-0.25, -0.2) is 5.43 Å². The number of carbonyl (C=O) groups is 2. The molecule has 2 amide bonds. The second kappa shape index (κ2) is 7.96. The first kappa shape index (κ1) is 18.0. The van der Waals surface area contributed by atoms with Gasteiger partial charge in [0.1, 0.15) is 0 Å². The van der Waals surface area contributed by atoms with Gasteiger partial charge in [-0.1, -0.05) is 12.1 Å². The number of hydrogen-bond donors (Lipinski definition) is 3. The van der Waals surface area contributed by atoms with Crippen molar-refractivity contribution in [2.45, 2.75) is 13.8 Å². The Morgan fingerprint density at radius 3 is 2.56 bits per heavy atom. The van der Waals surface area contributed by atoms with Gasteiger partial charge in [-0.2, -0.15) is 5.10 Å². The van der Waals surface area contributed by atoms with E-state index in [1.165, 1.54) is 13.3 Å². The summed E-state index contributed by atoms with van der Waals surface area (Å²) in [5.74, 6) is -1.59. The SMILES string of the molecule is COc1cccc(C=NNC(=O)C(=O)Nc2ccc(C)c(C)c2)c1O. The molecule has 0 heterocycles. The number of aromatic hydroxyl groups is 1. The minimum absolute atomic E-state index is 0.109. The number of hydrogen-bond acceptors (Lipinski definition) is 5. The monoisotopic (exact) mass is 341 g/mol. The molecule has 0 fully saturated rings. The highest BCUT2D eigenvalue weighted by Gasteiger charge is 2.13. The molecule has 0 bridgehead atoms. The first-order valence-corrected chi connectivity index (χ1v) is 7.50. The van der Waals surface area contributed by atoms with Crippen LogP contribution >= 0.6 is 0 Å². The van der Waals surface area contributed by atoms with E-state index in [2.05, 4.69) is 15.8 Å². The average Bonchev–Trinajstić information content (AvgIpc) is 2.59. The Bertz CT molecular complexity index is 831. The molecule has 2 rings (SSSR count). The van der Waals surface area contributed by atoms with Crippen molar-refractivity contribution >= 4 is 23.7 Å². The highest BCUT2D eigenvalue weighted by molar-refractivity contribution is 6.39. The molecule has 0 aliphatic heterocycles. The summed E-state index contributed by atoms with van der Waals surface area (Å²) >= 11 is 0. The zero-order valence-electron chi connectivity index (χ0n) is 14.2. The van der Waals surface area contributed by atoms with Crippen LogP contribution in [0.15, 0.2) is 41.5 Å². The van der Waals surface area contributed by atoms with E-state index in [0.29, 0.717) is 11.3 Å². The number of phenols is 1. The maximum atomic E-state index is 11.9. The smallest absolute Gasteiger partial charge is 0.329 e. The van der Waals surface area contributed by atoms with Crippen LogP contribution in [-0.2, 0) is 9.59 Å². The molecule has 0 aliphatic rings. The lowest BCUT2D eigenvalue weighted by molar-refractivity contribution is -0.136. The molecule has 0 atom stereocenters. The fraction of sp³-hybridized carbons (Fsp3) is 0.167. The molecule has 2 aromatic rings. The van der Waals surface area contributed by atoms with Gasteiger partial charge >= 0.3 is 11.8 Å². The Morgan fingerprint density at radius 2 is 1.88 bits per heavy atom. The zero-order valence-corrected chi connectivity index (χ0v) is 14.2. The summed E-state index contributed by atoms with van der Waals surface area (Å²) in [6.07, 6.45) is 1.22. The summed E-state index contributed by atoms with van der Waals surface area (Å²) in [5.41, 5.74) is 5.07. The predicted molar refractivity (Wildman–Crippen MR) is 94.9 cm³/mol. The first-order valence-electron chi connectivity index (χ1n) is 7.50. The van der Waals surface area contributed by atoms with Gasteiger partial charge in [0.15, 0.2) is 11.5 Å². The summed E-state index contributed by atoms with van der Waals surface area (Å²) in [4.78, 5) is 23.6. The molecule has 130 valence electrons. The highest BCUT2D eigenvalue weighted by atomic mass is 16.5. The first-order chi connectivity index (χ1) is 11.9. The summed E-state index contributed by atoms with van der Waals surface area (Å²) < 4.78 is 4.97. The van der Waals surface area contributed by atoms with E-state index >= 15 is 0 Å². The average molecular weight is 341 g/mol. The van der Waals surface area contributed by atoms with E-state index in [-0.39, 0.29) is 11.5 Å². The zero-order chi connectivity index (χ0) is 18.4. The van der Waals surface area contributed by atoms with Crippen LogP contribution in [0.5, 0.6) is 11.5 Å². The number of anilines is 1. The molecule has 25 heavy (non-hydrogen) atoms. The molecule has 0 spiro atoms. The number of nitrogens with one attached hydrogen (secondary N) is 2. The summed E-state index contributed by atoms with van der Waals surface area (Å²) in [5, 5.41) is 16.1. The second-order valence-corrected chi connectivity index (χ2v) is 5.35. The minimum Gasteiger partial charge on any atom is -0.504 e. The number of hydrazone groups is 1. The van der Waals surface area contributed by atoms with E-state index in [0.717, 1.165) is 11.1 Å². The Labute approximate surface area is 145 Å². The molecular weight excluding hydrogens is 322 g/mol. The van der Waals surface area contributed by atoms with Crippen LogP contribution in [0.1, 0.15) is 16.7 Å². The summed E-state index contributed by atoms with van der Waals surface area (Å²) in [6.45, 7) is 3.87. The Kier molecular flexibility index (Phi) is 5.73. The second-order valence-electron chi connectivity index (χ2n) is 5.35. The number of nitrogens with zero attached hydrogens (tertiary/aromatic N) is 1. The van der Waals surface area contributed by atoms with E-state index in [9.17, 15) is 14.7 Å². The molecule has 3 N–H and O–H groups in total. The topological polar surface area (TPSA) is 100 Å². The highest BCUT2D eigenvalue weighted by Crippen LogP contribution is 2.27. The summed E-state index contributed by atoms with van der Waals surface area (Å²) in [7, 11) is 1.43. The van der Waals surface area contributed by atoms with Crippen LogP contribution < -0.4 is 15.5 Å². The minimum atomic E-state index is -0.920. The number of carbonyl (C=O) groups excluding carboxylic acids is 2. The number of methoxy groups -OCH3 is 1. The van der Waals surface area contributed by atoms with Crippen LogP contribution in [-0.4, -0.2) is 30.2 Å². The van der Waals surface area contributed by atoms with Gasteiger partial charge in [0.2, 0.25) is 0 Å². The van der Waals surface area contributed by atoms with Crippen molar-refractivity contribution < 1.29 is 19.4 Å². The Hall–Kier alpha value is -3.35. The molecular formula is C18H19N3O4. The molecule has 0 radical (unpaired) electrons. The van der Waals surface area contributed by atoms with Crippen LogP contribution in [0, 0.1) is 13.8 Å². The van der Waals surface area contributed by atoms with E-state index in [4.69, 9.17) is 4.74 Å². The molecule has 0 aromatic heterocycles. The van der Waals surface area contributed by atoms with E-state index < -0.39 is 11.8 Å². The van der Waals surface area contributed by atoms with Crippen molar-refractivity contribution in [3.63, 3.8) is 0 Å². The molecule has 0 aliphatic carbocycles. The van der Waals surface area contributed by atoms with Gasteiger partial charge in [-0.3, -0.25) is 9.59 Å². The lowest BCUT2D eigenvalue weighted by atomic mass is 10.1. The molecule has 7 nitrogen and oxygen atoms in total. The standard InChI is InChI=1S/C18H19N3O4/c1-11-7-8-14(9-12(11)2)20-17(23)18(24)21-19-10-13-5-4-6-15(25-3)16(13)22/h4-10,22H,1-3H3,(H,20,23)(H,21,24). The number of aryl methyl sites for hydroxylation is 2. The fourth-order valence-corrected chi connectivity index (χ4v) is 2.03. The van der Waals surface area contributed by atoms with Crippen molar-refractivity contribution in [3.05, 3.63) is 53.1 Å². The van der Waals surface area contributed by atoms with Crippen molar-refractivity contribution in [1.82, 2.24) is 5.43 Å². The van der Waals surface area contributed by atoms with Crippen LogP contribution in [0.2, 0.25) is 0 Å². The van der Waals surface area contributed by atoms with Crippen LogP contribution in [0.25, 0.3) is 0 Å². The quantitative estimate of drug-likeness (QED) is 0.450. The van der Waals surface area contributed by atoms with E-state index in [1.807, 2.05) is 19.9 Å². The normalized spacial score (nSPS) is 10.5. The van der Waals surface area contributed by atoms with Crippen LogP contribution in [0.3, 0.4) is 0 Å². The lowest BCUT2D eigenvalue weighted by Gasteiger charge is -2.07. The van der Waals surface area contributed by atoms with Gasteiger partial charge in [0, 0.05) is 11.3 Å². The number of amides is 2. The van der Waals surface area contributed by atoms with Crippen molar-refractivity contribution in [2.75, 3.05) is 12.4 Å². The number of phenolic OH excluding ortho intramolecular Hbond substituents is 1. The largest absolute Gasteiger partial charge is 0.504 e. The van der Waals surface area contributed by atoms with Gasteiger partial charge in [0.05, 0.1) is 13.3 Å². The maximum absolute atomic E-state index is 11.9. The Morgan fingerprint density at radius 1 is 1.12 bits per heavy atom. The van der Waals surface area contributed by atoms with Crippen LogP contribution in [0.4, 0.5) is 5.69 Å². The van der Waals surface area contributed by atoms with Crippen molar-refractivity contribution in [3.8, 4) is 11.5 Å². The maximum Gasteiger partial charge on any atom is 0.329 e. The third kappa shape index (κ3) is 4.57. The number of benzene rings is 2. The fourth-order valence-electron chi connectivity index (χ4n) is 2.03. The molecule has 0 saturated heterocycles. The molecule has 0 saturated carbocycles. The van der Waals surface area contributed by atoms with Gasteiger partial charge < -0.3 is 15.2 Å². The summed E-state index contributed by atoms with van der Waals surface area (Å²) in [6, 6.07) is 10.2. The molecule has 2 aromatic carbocycles. The molecule has 7 heteroatoms. The Balaban J connectivity index is 1.97. The van der Waals surface area contributed by atoms with Gasteiger partial charge in [-0.15, -0.1) is 0 Å². The number of ether oxygens (including phenoxy) is 1. The predicted octanol–water partition coefficient (Wildman–Crippen LogP) is 2.11. The third-order valence-electron chi connectivity index (χ3n) is 3.59.